The normalized spacial score (nSPS) is 15.0. The number of hydrogen-bond donors (Lipinski definition) is 1. The summed E-state index contributed by atoms with van der Waals surface area (Å²) in [7, 11) is 1.67. The molecule has 0 aliphatic carbocycles. The van der Waals surface area contributed by atoms with Gasteiger partial charge in [-0.2, -0.15) is 0 Å². The van der Waals surface area contributed by atoms with Crippen molar-refractivity contribution in [3.05, 3.63) is 34.1 Å². The molecule has 0 spiro atoms. The van der Waals surface area contributed by atoms with Gasteiger partial charge in [-0.15, -0.1) is 0 Å². The molecule has 1 aromatic rings. The molecular formula is C13H19BrFNO. The molecule has 0 heterocycles. The third-order valence-electron chi connectivity index (χ3n) is 2.82. The van der Waals surface area contributed by atoms with Crippen LogP contribution in [-0.4, -0.2) is 19.3 Å². The average Bonchev–Trinajstić information content (AvgIpc) is 2.22. The van der Waals surface area contributed by atoms with Crippen molar-refractivity contribution in [2.45, 2.75) is 32.4 Å². The maximum absolute atomic E-state index is 13.0. The van der Waals surface area contributed by atoms with Gasteiger partial charge < -0.3 is 10.5 Å². The highest BCUT2D eigenvalue weighted by molar-refractivity contribution is 9.10. The van der Waals surface area contributed by atoms with Gasteiger partial charge in [0.15, 0.2) is 0 Å². The van der Waals surface area contributed by atoms with Gasteiger partial charge in [-0.05, 0) is 30.0 Å². The van der Waals surface area contributed by atoms with Crippen molar-refractivity contribution in [1.82, 2.24) is 0 Å². The summed E-state index contributed by atoms with van der Waals surface area (Å²) < 4.78 is 19.1. The maximum Gasteiger partial charge on any atom is 0.124 e. The largest absolute Gasteiger partial charge is 0.380 e. The Morgan fingerprint density at radius 1 is 1.41 bits per heavy atom. The third kappa shape index (κ3) is 4.05. The molecule has 2 unspecified atom stereocenters. The van der Waals surface area contributed by atoms with Crippen LogP contribution in [-0.2, 0) is 11.2 Å². The first-order valence-corrected chi connectivity index (χ1v) is 6.47. The molecule has 2 nitrogen and oxygen atoms in total. The molecule has 0 saturated heterocycles. The summed E-state index contributed by atoms with van der Waals surface area (Å²) in [6.07, 6.45) is 0.671. The van der Waals surface area contributed by atoms with E-state index < -0.39 is 0 Å². The van der Waals surface area contributed by atoms with Crippen molar-refractivity contribution in [2.75, 3.05) is 7.11 Å². The second-order valence-corrected chi connectivity index (χ2v) is 5.40. The van der Waals surface area contributed by atoms with Crippen LogP contribution in [0.5, 0.6) is 0 Å². The van der Waals surface area contributed by atoms with Crippen molar-refractivity contribution in [1.29, 1.82) is 0 Å². The second-order valence-electron chi connectivity index (χ2n) is 4.55. The molecule has 4 heteroatoms. The summed E-state index contributed by atoms with van der Waals surface area (Å²) in [5.74, 6) is 0.107. The molecule has 96 valence electrons. The van der Waals surface area contributed by atoms with E-state index in [2.05, 4.69) is 29.8 Å². The molecule has 17 heavy (non-hydrogen) atoms. The van der Waals surface area contributed by atoms with Crippen LogP contribution in [0.3, 0.4) is 0 Å². The Hall–Kier alpha value is -0.450. The minimum atomic E-state index is -0.249. The Balaban J connectivity index is 2.76. The lowest BCUT2D eigenvalue weighted by Crippen LogP contribution is -2.41. The Morgan fingerprint density at radius 3 is 2.53 bits per heavy atom. The molecule has 2 N–H and O–H groups in total. The number of hydrogen-bond acceptors (Lipinski definition) is 2. The van der Waals surface area contributed by atoms with Gasteiger partial charge in [0, 0.05) is 17.6 Å². The Labute approximate surface area is 110 Å². The zero-order valence-electron chi connectivity index (χ0n) is 10.4. The number of rotatable bonds is 5. The Morgan fingerprint density at radius 2 is 2.06 bits per heavy atom. The van der Waals surface area contributed by atoms with E-state index in [0.29, 0.717) is 12.3 Å². The maximum atomic E-state index is 13.0. The first kappa shape index (κ1) is 14.6. The molecule has 0 aromatic heterocycles. The van der Waals surface area contributed by atoms with E-state index >= 15 is 0 Å². The lowest BCUT2D eigenvalue weighted by molar-refractivity contribution is 0.0441. The standard InChI is InChI=1S/C13H19BrFNO/c1-8(2)13(17-3)12(16)6-9-4-5-10(15)7-11(9)14/h4-5,7-8,12-13H,6,16H2,1-3H3. The lowest BCUT2D eigenvalue weighted by Gasteiger charge is -2.26. The predicted molar refractivity (Wildman–Crippen MR) is 71.4 cm³/mol. The molecular weight excluding hydrogens is 285 g/mol. The highest BCUT2D eigenvalue weighted by Crippen LogP contribution is 2.21. The molecule has 0 bridgehead atoms. The number of halogens is 2. The summed E-state index contributed by atoms with van der Waals surface area (Å²) in [5.41, 5.74) is 7.13. The second kappa shape index (κ2) is 6.47. The average molecular weight is 304 g/mol. The van der Waals surface area contributed by atoms with Crippen molar-refractivity contribution >= 4 is 15.9 Å². The van der Waals surface area contributed by atoms with Crippen molar-refractivity contribution in [3.63, 3.8) is 0 Å². The predicted octanol–water partition coefficient (Wildman–Crippen LogP) is 3.13. The number of benzene rings is 1. The van der Waals surface area contributed by atoms with Crippen molar-refractivity contribution in [3.8, 4) is 0 Å². The Bertz CT molecular complexity index is 370. The minimum Gasteiger partial charge on any atom is -0.380 e. The van der Waals surface area contributed by atoms with E-state index in [1.54, 1.807) is 13.2 Å². The fraction of sp³-hybridized carbons (Fsp3) is 0.538. The zero-order chi connectivity index (χ0) is 13.0. The van der Waals surface area contributed by atoms with Crippen LogP contribution in [0.15, 0.2) is 22.7 Å². The number of ether oxygens (including phenoxy) is 1. The van der Waals surface area contributed by atoms with Gasteiger partial charge in [-0.3, -0.25) is 0 Å². The monoisotopic (exact) mass is 303 g/mol. The summed E-state index contributed by atoms with van der Waals surface area (Å²) >= 11 is 3.35. The van der Waals surface area contributed by atoms with Gasteiger partial charge in [0.2, 0.25) is 0 Å². The molecule has 0 fully saturated rings. The molecule has 0 saturated carbocycles. The molecule has 0 aliphatic rings. The van der Waals surface area contributed by atoms with Crippen LogP contribution in [0, 0.1) is 11.7 Å². The van der Waals surface area contributed by atoms with E-state index in [1.165, 1.54) is 12.1 Å². The van der Waals surface area contributed by atoms with Crippen molar-refractivity contribution in [2.24, 2.45) is 11.7 Å². The molecule has 1 rings (SSSR count). The minimum absolute atomic E-state index is 0.00644. The number of methoxy groups -OCH3 is 1. The summed E-state index contributed by atoms with van der Waals surface area (Å²) in [4.78, 5) is 0. The lowest BCUT2D eigenvalue weighted by atomic mass is 9.94. The zero-order valence-corrected chi connectivity index (χ0v) is 12.0. The van der Waals surface area contributed by atoms with E-state index in [-0.39, 0.29) is 18.0 Å². The van der Waals surface area contributed by atoms with Gasteiger partial charge in [0.1, 0.15) is 5.82 Å². The first-order chi connectivity index (χ1) is 7.95. The van der Waals surface area contributed by atoms with E-state index in [4.69, 9.17) is 10.5 Å². The smallest absolute Gasteiger partial charge is 0.124 e. The molecule has 1 aromatic carbocycles. The van der Waals surface area contributed by atoms with E-state index in [9.17, 15) is 4.39 Å². The van der Waals surface area contributed by atoms with Gasteiger partial charge >= 0.3 is 0 Å². The van der Waals surface area contributed by atoms with Crippen LogP contribution < -0.4 is 5.73 Å². The molecule has 0 aliphatic heterocycles. The van der Waals surface area contributed by atoms with Crippen LogP contribution in [0.4, 0.5) is 4.39 Å². The fourth-order valence-corrected chi connectivity index (χ4v) is 2.51. The molecule has 0 amide bonds. The SMILES string of the molecule is COC(C(C)C)C(N)Cc1ccc(F)cc1Br. The fourth-order valence-electron chi connectivity index (χ4n) is 2.00. The molecule has 2 atom stereocenters. The van der Waals surface area contributed by atoms with Gasteiger partial charge in [-0.25, -0.2) is 4.39 Å². The summed E-state index contributed by atoms with van der Waals surface area (Å²) in [5, 5.41) is 0. The third-order valence-corrected chi connectivity index (χ3v) is 3.56. The van der Waals surface area contributed by atoms with Gasteiger partial charge in [0.05, 0.1) is 6.10 Å². The van der Waals surface area contributed by atoms with Gasteiger partial charge in [0.25, 0.3) is 0 Å². The topological polar surface area (TPSA) is 35.2 Å². The number of nitrogens with two attached hydrogens (primary N) is 1. The highest BCUT2D eigenvalue weighted by Gasteiger charge is 2.21. The quantitative estimate of drug-likeness (QED) is 0.907. The van der Waals surface area contributed by atoms with Crippen LogP contribution >= 0.6 is 15.9 Å². The van der Waals surface area contributed by atoms with Gasteiger partial charge in [-0.1, -0.05) is 35.8 Å². The van der Waals surface area contributed by atoms with Crippen LogP contribution in [0.2, 0.25) is 0 Å². The highest BCUT2D eigenvalue weighted by atomic mass is 79.9. The molecule has 0 radical (unpaired) electrons. The summed E-state index contributed by atoms with van der Waals surface area (Å²) in [6, 6.07) is 4.57. The summed E-state index contributed by atoms with van der Waals surface area (Å²) in [6.45, 7) is 4.15. The van der Waals surface area contributed by atoms with Crippen molar-refractivity contribution < 1.29 is 9.13 Å². The van der Waals surface area contributed by atoms with Crippen LogP contribution in [0.25, 0.3) is 0 Å². The van der Waals surface area contributed by atoms with E-state index in [1.807, 2.05) is 0 Å². The van der Waals surface area contributed by atoms with E-state index in [0.717, 1.165) is 10.0 Å². The Kier molecular flexibility index (Phi) is 5.56. The first-order valence-electron chi connectivity index (χ1n) is 5.68. The van der Waals surface area contributed by atoms with Crippen LogP contribution in [0.1, 0.15) is 19.4 Å².